The predicted octanol–water partition coefficient (Wildman–Crippen LogP) is -0.992. The second-order valence-corrected chi connectivity index (χ2v) is 6.12. The van der Waals surface area contributed by atoms with Gasteiger partial charge in [-0.15, -0.1) is 0 Å². The van der Waals surface area contributed by atoms with Gasteiger partial charge in [-0.05, 0) is 37.8 Å². The lowest BCUT2D eigenvalue weighted by Crippen LogP contribution is -2.49. The smallest absolute Gasteiger partial charge is 0.242 e. The number of nitrogens with one attached hydrogen (secondary N) is 4. The van der Waals surface area contributed by atoms with Crippen molar-refractivity contribution in [1.82, 2.24) is 25.6 Å². The minimum absolute atomic E-state index is 0.0214. The molecule has 2 bridgehead atoms. The standard InChI is InChI=1S/C14H21ClN8O3/c1-7-11(26)18-6-9(24)20-8(10(16)25)4-2-3-5-17-13-21-12(15)22-14(19-7)23-13/h7-8H,2-6H2,1H3,(H2,16,25)(H,18,26)(H,20,24)(H2,17,19,21,22,23)/t7-,8+/m0/s1. The molecule has 12 heteroatoms. The van der Waals surface area contributed by atoms with E-state index in [-0.39, 0.29) is 23.7 Å². The summed E-state index contributed by atoms with van der Waals surface area (Å²) >= 11 is 5.87. The summed E-state index contributed by atoms with van der Waals surface area (Å²) in [5.41, 5.74) is 5.31. The Balaban J connectivity index is 2.14. The Morgan fingerprint density at radius 3 is 2.58 bits per heavy atom. The number of nitrogens with zero attached hydrogens (tertiary/aromatic N) is 3. The second-order valence-electron chi connectivity index (χ2n) is 5.78. The summed E-state index contributed by atoms with van der Waals surface area (Å²) in [5, 5.41) is 10.7. The molecule has 11 nitrogen and oxygen atoms in total. The maximum absolute atomic E-state index is 12.1. The largest absolute Gasteiger partial charge is 0.368 e. The summed E-state index contributed by atoms with van der Waals surface area (Å²) in [5.74, 6) is -1.16. The molecule has 0 unspecified atom stereocenters. The number of nitrogens with two attached hydrogens (primary N) is 1. The molecule has 0 aromatic carbocycles. The highest BCUT2D eigenvalue weighted by atomic mass is 35.5. The normalized spacial score (nSPS) is 22.4. The molecule has 1 aromatic rings. The van der Waals surface area contributed by atoms with Crippen molar-refractivity contribution < 1.29 is 14.4 Å². The number of rotatable bonds is 1. The van der Waals surface area contributed by atoms with Gasteiger partial charge in [0, 0.05) is 6.54 Å². The number of amides is 3. The van der Waals surface area contributed by atoms with E-state index in [9.17, 15) is 14.4 Å². The molecule has 0 aliphatic carbocycles. The van der Waals surface area contributed by atoms with Crippen LogP contribution in [-0.2, 0) is 14.4 Å². The topological polar surface area (TPSA) is 164 Å². The lowest BCUT2D eigenvalue weighted by molar-refractivity contribution is -0.129. The molecule has 0 spiro atoms. The molecule has 6 N–H and O–H groups in total. The number of primary amides is 1. The number of hydrogen-bond acceptors (Lipinski definition) is 8. The number of halogens is 1. The molecule has 2 heterocycles. The fraction of sp³-hybridized carbons (Fsp3) is 0.571. The van der Waals surface area contributed by atoms with E-state index in [1.807, 2.05) is 0 Å². The van der Waals surface area contributed by atoms with Gasteiger partial charge in [0.25, 0.3) is 0 Å². The summed E-state index contributed by atoms with van der Waals surface area (Å²) in [6.07, 6.45) is 1.71. The molecule has 26 heavy (non-hydrogen) atoms. The molecule has 3 amide bonds. The van der Waals surface area contributed by atoms with E-state index in [4.69, 9.17) is 17.3 Å². The SMILES string of the molecule is C[C@@H]1Nc2nc(Cl)nc(n2)NCCCC[C@H](C(N)=O)NC(=O)CNC1=O. The van der Waals surface area contributed by atoms with Crippen LogP contribution in [-0.4, -0.2) is 57.8 Å². The van der Waals surface area contributed by atoms with Crippen LogP contribution in [0.5, 0.6) is 0 Å². The van der Waals surface area contributed by atoms with Crippen molar-refractivity contribution in [2.24, 2.45) is 5.73 Å². The number of hydrogen-bond donors (Lipinski definition) is 5. The maximum atomic E-state index is 12.1. The Morgan fingerprint density at radius 1 is 1.12 bits per heavy atom. The first kappa shape index (κ1) is 19.6. The molecule has 0 radical (unpaired) electrons. The average Bonchev–Trinajstić information content (AvgIpc) is 2.56. The van der Waals surface area contributed by atoms with E-state index in [0.717, 1.165) is 0 Å². The van der Waals surface area contributed by atoms with Crippen LogP contribution in [0.25, 0.3) is 0 Å². The highest BCUT2D eigenvalue weighted by Crippen LogP contribution is 2.11. The molecular formula is C14H21ClN8O3. The zero-order valence-electron chi connectivity index (χ0n) is 14.2. The third-order valence-electron chi connectivity index (χ3n) is 3.65. The number of anilines is 2. The van der Waals surface area contributed by atoms with Crippen LogP contribution in [0.4, 0.5) is 11.9 Å². The van der Waals surface area contributed by atoms with E-state index in [1.54, 1.807) is 6.92 Å². The molecule has 1 aromatic heterocycles. The first-order valence-corrected chi connectivity index (χ1v) is 8.51. The lowest BCUT2D eigenvalue weighted by Gasteiger charge is -2.18. The van der Waals surface area contributed by atoms with Gasteiger partial charge in [0.1, 0.15) is 12.1 Å². The van der Waals surface area contributed by atoms with Crippen molar-refractivity contribution in [2.45, 2.75) is 38.3 Å². The van der Waals surface area contributed by atoms with E-state index in [1.165, 1.54) is 0 Å². The minimum Gasteiger partial charge on any atom is -0.368 e. The molecule has 2 rings (SSSR count). The summed E-state index contributed by atoms with van der Waals surface area (Å²) in [6, 6.07) is -1.52. The zero-order valence-corrected chi connectivity index (χ0v) is 15.0. The summed E-state index contributed by atoms with van der Waals surface area (Å²) < 4.78 is 0. The summed E-state index contributed by atoms with van der Waals surface area (Å²) in [6.45, 7) is 1.82. The molecule has 0 saturated carbocycles. The second kappa shape index (κ2) is 9.13. The van der Waals surface area contributed by atoms with E-state index >= 15 is 0 Å². The van der Waals surface area contributed by atoms with Crippen LogP contribution in [0.3, 0.4) is 0 Å². The number of carbonyl (C=O) groups excluding carboxylic acids is 3. The number of aromatic nitrogens is 3. The van der Waals surface area contributed by atoms with Gasteiger partial charge in [-0.25, -0.2) is 0 Å². The third-order valence-corrected chi connectivity index (χ3v) is 3.82. The average molecular weight is 385 g/mol. The van der Waals surface area contributed by atoms with Crippen LogP contribution in [0.2, 0.25) is 5.28 Å². The van der Waals surface area contributed by atoms with Crippen molar-refractivity contribution in [2.75, 3.05) is 23.7 Å². The van der Waals surface area contributed by atoms with Gasteiger partial charge in [0.2, 0.25) is 34.9 Å². The highest BCUT2D eigenvalue weighted by Gasteiger charge is 2.20. The quantitative estimate of drug-likeness (QED) is 0.411. The molecule has 0 saturated heterocycles. The van der Waals surface area contributed by atoms with E-state index < -0.39 is 29.8 Å². The third kappa shape index (κ3) is 5.99. The molecule has 0 fully saturated rings. The molecule has 2 atom stereocenters. The monoisotopic (exact) mass is 384 g/mol. The van der Waals surface area contributed by atoms with Gasteiger partial charge in [-0.1, -0.05) is 0 Å². The fourth-order valence-corrected chi connectivity index (χ4v) is 2.44. The molecular weight excluding hydrogens is 364 g/mol. The highest BCUT2D eigenvalue weighted by molar-refractivity contribution is 6.28. The summed E-state index contributed by atoms with van der Waals surface area (Å²) in [7, 11) is 0. The van der Waals surface area contributed by atoms with Crippen LogP contribution < -0.4 is 27.0 Å². The van der Waals surface area contributed by atoms with Crippen LogP contribution in [0.15, 0.2) is 0 Å². The van der Waals surface area contributed by atoms with Gasteiger partial charge in [-0.3, -0.25) is 14.4 Å². The lowest BCUT2D eigenvalue weighted by atomic mass is 10.1. The van der Waals surface area contributed by atoms with Crippen molar-refractivity contribution in [3.05, 3.63) is 5.28 Å². The molecule has 1 aliphatic heterocycles. The fourth-order valence-electron chi connectivity index (χ4n) is 2.28. The Bertz CT molecular complexity index is 686. The van der Waals surface area contributed by atoms with Crippen molar-refractivity contribution >= 4 is 41.2 Å². The van der Waals surface area contributed by atoms with Gasteiger partial charge < -0.3 is 27.0 Å². The molecule has 1 aliphatic rings. The van der Waals surface area contributed by atoms with Gasteiger partial charge in [0.15, 0.2) is 0 Å². The van der Waals surface area contributed by atoms with Gasteiger partial charge >= 0.3 is 0 Å². The number of fused-ring (bicyclic) bond motifs is 2. The van der Waals surface area contributed by atoms with Crippen LogP contribution >= 0.6 is 11.6 Å². The maximum Gasteiger partial charge on any atom is 0.242 e. The Hall–Kier alpha value is -2.69. The number of carbonyl (C=O) groups is 3. The molecule has 142 valence electrons. The Kier molecular flexibility index (Phi) is 6.89. The zero-order chi connectivity index (χ0) is 19.1. The Labute approximate surface area is 154 Å². The van der Waals surface area contributed by atoms with Crippen molar-refractivity contribution in [1.29, 1.82) is 0 Å². The van der Waals surface area contributed by atoms with Crippen LogP contribution in [0, 0.1) is 0 Å². The first-order chi connectivity index (χ1) is 12.3. The van der Waals surface area contributed by atoms with E-state index in [2.05, 4.69) is 36.2 Å². The van der Waals surface area contributed by atoms with E-state index in [0.29, 0.717) is 25.8 Å². The Morgan fingerprint density at radius 2 is 1.85 bits per heavy atom. The van der Waals surface area contributed by atoms with Crippen LogP contribution in [0.1, 0.15) is 26.2 Å². The van der Waals surface area contributed by atoms with Crippen molar-refractivity contribution in [3.63, 3.8) is 0 Å². The predicted molar refractivity (Wildman–Crippen MR) is 94.4 cm³/mol. The first-order valence-electron chi connectivity index (χ1n) is 8.13. The van der Waals surface area contributed by atoms with Gasteiger partial charge in [-0.2, -0.15) is 15.0 Å². The summed E-state index contributed by atoms with van der Waals surface area (Å²) in [4.78, 5) is 47.5. The van der Waals surface area contributed by atoms with Crippen molar-refractivity contribution in [3.8, 4) is 0 Å². The van der Waals surface area contributed by atoms with Gasteiger partial charge in [0.05, 0.1) is 6.54 Å². The minimum atomic E-state index is -0.791.